The fraction of sp³-hybridized carbons (Fsp3) is 0.350. The van der Waals surface area contributed by atoms with Gasteiger partial charge in [-0.15, -0.1) is 0 Å². The molecule has 0 spiro atoms. The van der Waals surface area contributed by atoms with Gasteiger partial charge >= 0.3 is 5.97 Å². The topological polar surface area (TPSA) is 72.9 Å². The zero-order valence-electron chi connectivity index (χ0n) is 16.0. The van der Waals surface area contributed by atoms with E-state index in [2.05, 4.69) is 4.74 Å². The summed E-state index contributed by atoms with van der Waals surface area (Å²) in [7, 11) is -1.15. The molecule has 6 nitrogen and oxygen atoms in total. The number of hydrogen-bond donors (Lipinski definition) is 0. The highest BCUT2D eigenvalue weighted by atomic mass is 32.2. The van der Waals surface area contributed by atoms with Crippen molar-refractivity contribution in [3.05, 3.63) is 65.2 Å². The van der Waals surface area contributed by atoms with E-state index in [-0.39, 0.29) is 13.1 Å². The number of ether oxygens (including phenoxy) is 2. The SMILES string of the molecule is COC(=O)[C@H](C)S(=O)(=O)N(Cc1ccc(C)cc1)Cc1ccc(OC)cc1. The van der Waals surface area contributed by atoms with Crippen LogP contribution in [0, 0.1) is 6.92 Å². The minimum atomic E-state index is -3.91. The van der Waals surface area contributed by atoms with Gasteiger partial charge in [-0.05, 0) is 37.1 Å². The average Bonchev–Trinajstić information content (AvgIpc) is 2.68. The Kier molecular flexibility index (Phi) is 6.98. The first kappa shape index (κ1) is 20.9. The number of nitrogens with zero attached hydrogens (tertiary/aromatic N) is 1. The molecule has 0 heterocycles. The Hall–Kier alpha value is -2.38. The molecule has 0 aliphatic heterocycles. The van der Waals surface area contributed by atoms with Crippen LogP contribution in [0.1, 0.15) is 23.6 Å². The first-order valence-electron chi connectivity index (χ1n) is 8.53. The highest BCUT2D eigenvalue weighted by Gasteiger charge is 2.34. The van der Waals surface area contributed by atoms with Gasteiger partial charge in [0.2, 0.25) is 10.0 Å². The van der Waals surface area contributed by atoms with Gasteiger partial charge in [-0.1, -0.05) is 42.0 Å². The van der Waals surface area contributed by atoms with Crippen LogP contribution in [0.4, 0.5) is 0 Å². The lowest BCUT2D eigenvalue weighted by molar-refractivity contribution is -0.139. The van der Waals surface area contributed by atoms with E-state index < -0.39 is 21.2 Å². The van der Waals surface area contributed by atoms with E-state index in [0.717, 1.165) is 16.7 Å². The van der Waals surface area contributed by atoms with Crippen molar-refractivity contribution >= 4 is 16.0 Å². The molecule has 0 aliphatic rings. The molecule has 2 rings (SSSR count). The number of aryl methyl sites for hydroxylation is 1. The third-order valence-electron chi connectivity index (χ3n) is 4.34. The summed E-state index contributed by atoms with van der Waals surface area (Å²) in [6.45, 7) is 3.61. The van der Waals surface area contributed by atoms with E-state index in [9.17, 15) is 13.2 Å². The van der Waals surface area contributed by atoms with Crippen molar-refractivity contribution in [3.63, 3.8) is 0 Å². The van der Waals surface area contributed by atoms with Gasteiger partial charge in [0, 0.05) is 13.1 Å². The minimum Gasteiger partial charge on any atom is -0.497 e. The molecule has 2 aromatic carbocycles. The molecular formula is C20H25NO5S. The van der Waals surface area contributed by atoms with Gasteiger partial charge in [0.1, 0.15) is 5.75 Å². The molecule has 0 aliphatic carbocycles. The number of rotatable bonds is 8. The minimum absolute atomic E-state index is 0.140. The molecule has 0 unspecified atom stereocenters. The molecule has 0 N–H and O–H groups in total. The Morgan fingerprint density at radius 1 is 0.963 bits per heavy atom. The van der Waals surface area contributed by atoms with E-state index in [1.807, 2.05) is 31.2 Å². The Balaban J connectivity index is 2.34. The number of hydrogen-bond acceptors (Lipinski definition) is 5. The second-order valence-corrected chi connectivity index (χ2v) is 8.57. The van der Waals surface area contributed by atoms with Crippen LogP contribution in [0.5, 0.6) is 5.75 Å². The van der Waals surface area contributed by atoms with E-state index in [4.69, 9.17) is 4.74 Å². The summed E-state index contributed by atoms with van der Waals surface area (Å²) in [5.41, 5.74) is 2.73. The molecule has 7 heteroatoms. The normalized spacial score (nSPS) is 12.6. The molecule has 1 atom stereocenters. The van der Waals surface area contributed by atoms with E-state index >= 15 is 0 Å². The number of esters is 1. The van der Waals surface area contributed by atoms with Gasteiger partial charge in [-0.2, -0.15) is 4.31 Å². The zero-order chi connectivity index (χ0) is 20.0. The number of carbonyl (C=O) groups is 1. The lowest BCUT2D eigenvalue weighted by Crippen LogP contribution is -2.41. The standard InChI is InChI=1S/C20H25NO5S/c1-15-5-7-17(8-6-15)13-21(27(23,24)16(2)20(22)26-4)14-18-9-11-19(25-3)12-10-18/h5-12,16H,13-14H2,1-4H3/t16-/m0/s1. The largest absolute Gasteiger partial charge is 0.497 e. The number of sulfonamides is 1. The first-order chi connectivity index (χ1) is 12.8. The van der Waals surface area contributed by atoms with Crippen molar-refractivity contribution in [1.29, 1.82) is 0 Å². The maximum absolute atomic E-state index is 13.0. The highest BCUT2D eigenvalue weighted by molar-refractivity contribution is 7.90. The zero-order valence-corrected chi connectivity index (χ0v) is 16.8. The smallest absolute Gasteiger partial charge is 0.325 e. The fourth-order valence-electron chi connectivity index (χ4n) is 2.58. The summed E-state index contributed by atoms with van der Waals surface area (Å²) in [6, 6.07) is 14.8. The maximum Gasteiger partial charge on any atom is 0.325 e. The van der Waals surface area contributed by atoms with Crippen LogP contribution in [0.15, 0.2) is 48.5 Å². The number of benzene rings is 2. The highest BCUT2D eigenvalue weighted by Crippen LogP contribution is 2.20. The summed E-state index contributed by atoms with van der Waals surface area (Å²) >= 11 is 0. The van der Waals surface area contributed by atoms with E-state index in [0.29, 0.717) is 5.75 Å². The molecule has 0 fully saturated rings. The Labute approximate surface area is 160 Å². The van der Waals surface area contributed by atoms with Crippen molar-refractivity contribution in [3.8, 4) is 5.75 Å². The van der Waals surface area contributed by atoms with Gasteiger partial charge in [0.05, 0.1) is 14.2 Å². The summed E-state index contributed by atoms with van der Waals surface area (Å²) < 4.78 is 37.1. The van der Waals surface area contributed by atoms with Gasteiger partial charge in [-0.3, -0.25) is 4.79 Å². The van der Waals surface area contributed by atoms with Crippen molar-refractivity contribution in [2.45, 2.75) is 32.2 Å². The molecule has 0 bridgehead atoms. The van der Waals surface area contributed by atoms with Gasteiger partial charge in [0.25, 0.3) is 0 Å². The molecule has 0 amide bonds. The first-order valence-corrected chi connectivity index (χ1v) is 10.0. The van der Waals surface area contributed by atoms with Crippen LogP contribution in [-0.4, -0.2) is 38.2 Å². The summed E-state index contributed by atoms with van der Waals surface area (Å²) in [5.74, 6) is -0.0896. The predicted molar refractivity (Wildman–Crippen MR) is 104 cm³/mol. The van der Waals surface area contributed by atoms with Crippen LogP contribution in [0.2, 0.25) is 0 Å². The maximum atomic E-state index is 13.0. The third kappa shape index (κ3) is 5.30. The Morgan fingerprint density at radius 3 is 1.89 bits per heavy atom. The second kappa shape index (κ2) is 9.01. The average molecular weight is 391 g/mol. The molecule has 0 saturated carbocycles. The van der Waals surface area contributed by atoms with E-state index in [1.165, 1.54) is 18.3 Å². The number of methoxy groups -OCH3 is 2. The molecule has 2 aromatic rings. The van der Waals surface area contributed by atoms with Crippen molar-refractivity contribution in [2.75, 3.05) is 14.2 Å². The Morgan fingerprint density at radius 2 is 1.44 bits per heavy atom. The van der Waals surface area contributed by atoms with E-state index in [1.54, 1.807) is 31.4 Å². The van der Waals surface area contributed by atoms with Crippen LogP contribution in [-0.2, 0) is 32.6 Å². The fourth-order valence-corrected chi connectivity index (χ4v) is 4.02. The van der Waals surface area contributed by atoms with Crippen LogP contribution in [0.25, 0.3) is 0 Å². The monoisotopic (exact) mass is 391 g/mol. The van der Waals surface area contributed by atoms with Gasteiger partial charge in [0.15, 0.2) is 5.25 Å². The molecule has 0 aromatic heterocycles. The molecule has 146 valence electrons. The predicted octanol–water partition coefficient (Wildman–Crippen LogP) is 2.90. The molecule has 0 saturated heterocycles. The van der Waals surface area contributed by atoms with Crippen LogP contribution in [0.3, 0.4) is 0 Å². The van der Waals surface area contributed by atoms with Crippen molar-refractivity contribution in [2.24, 2.45) is 0 Å². The molecule has 0 radical (unpaired) electrons. The Bertz CT molecular complexity index is 860. The van der Waals surface area contributed by atoms with Crippen LogP contribution < -0.4 is 4.74 Å². The quantitative estimate of drug-likeness (QED) is 0.647. The molecule has 27 heavy (non-hydrogen) atoms. The van der Waals surface area contributed by atoms with Crippen LogP contribution >= 0.6 is 0 Å². The lowest BCUT2D eigenvalue weighted by atomic mass is 10.1. The number of carbonyl (C=O) groups excluding carboxylic acids is 1. The van der Waals surface area contributed by atoms with Gasteiger partial charge in [-0.25, -0.2) is 8.42 Å². The van der Waals surface area contributed by atoms with Crippen molar-refractivity contribution < 1.29 is 22.7 Å². The van der Waals surface area contributed by atoms with Crippen molar-refractivity contribution in [1.82, 2.24) is 4.31 Å². The lowest BCUT2D eigenvalue weighted by Gasteiger charge is -2.25. The summed E-state index contributed by atoms with van der Waals surface area (Å²) in [6.07, 6.45) is 0. The summed E-state index contributed by atoms with van der Waals surface area (Å²) in [5, 5.41) is -1.29. The second-order valence-electron chi connectivity index (χ2n) is 6.31. The summed E-state index contributed by atoms with van der Waals surface area (Å²) in [4.78, 5) is 11.9. The molecular weight excluding hydrogens is 366 g/mol. The third-order valence-corrected chi connectivity index (χ3v) is 6.40. The van der Waals surface area contributed by atoms with Gasteiger partial charge < -0.3 is 9.47 Å².